The highest BCUT2D eigenvalue weighted by Crippen LogP contribution is 2.49. The second-order valence-corrected chi connectivity index (χ2v) is 31.4. The fourth-order valence-electron chi connectivity index (χ4n) is 19.0. The van der Waals surface area contributed by atoms with E-state index < -0.39 is 5.41 Å². The normalized spacial score (nSPS) is 11.6. The van der Waals surface area contributed by atoms with E-state index in [1.807, 2.05) is 18.2 Å². The average molecular weight is 1540 g/mol. The third-order valence-corrected chi connectivity index (χ3v) is 24.6. The summed E-state index contributed by atoms with van der Waals surface area (Å²) in [6, 6.07) is 172. The van der Waals surface area contributed by atoms with Crippen LogP contribution in [0.4, 0.5) is 0 Å². The number of fused-ring (bicyclic) bond motifs is 12. The fourth-order valence-corrected chi connectivity index (χ4v) is 19.0. The van der Waals surface area contributed by atoms with Gasteiger partial charge in [0.25, 0.3) is 0 Å². The van der Waals surface area contributed by atoms with Crippen LogP contribution in [0.25, 0.3) is 177 Å². The molecule has 0 saturated heterocycles. The van der Waals surface area contributed by atoms with Crippen molar-refractivity contribution in [3.8, 4) is 95.6 Å². The number of nitriles is 1. The van der Waals surface area contributed by atoms with E-state index >= 15 is 0 Å². The number of hydrogen-bond donors (Lipinski definition) is 0. The Morgan fingerprint density at radius 3 is 0.702 bits per heavy atom. The van der Waals surface area contributed by atoms with Crippen molar-refractivity contribution < 1.29 is 0 Å². The maximum absolute atomic E-state index is 9.87. The van der Waals surface area contributed by atoms with Gasteiger partial charge in [-0.25, -0.2) is 0 Å². The zero-order chi connectivity index (χ0) is 80.3. The number of rotatable bonds is 14. The smallest absolute Gasteiger partial charge is 0.0991 e. The molecule has 0 saturated carbocycles. The van der Waals surface area contributed by atoms with Crippen LogP contribution in [0.3, 0.4) is 0 Å². The lowest BCUT2D eigenvalue weighted by Crippen LogP contribution is -2.30. The molecular formula is C116H77N5. The molecule has 0 aliphatic heterocycles. The molecule has 23 aromatic rings. The zero-order valence-corrected chi connectivity index (χ0v) is 66.2. The van der Waals surface area contributed by atoms with Gasteiger partial charge in [0.2, 0.25) is 0 Å². The summed E-state index contributed by atoms with van der Waals surface area (Å²) in [6.45, 7) is 0. The Bertz CT molecular complexity index is 7830. The molecule has 566 valence electrons. The van der Waals surface area contributed by atoms with E-state index in [0.717, 1.165) is 72.3 Å². The number of hydrogen-bond acceptors (Lipinski definition) is 1. The van der Waals surface area contributed by atoms with Crippen LogP contribution in [0.5, 0.6) is 0 Å². The predicted molar refractivity (Wildman–Crippen MR) is 506 cm³/mol. The minimum Gasteiger partial charge on any atom is -0.309 e. The summed E-state index contributed by atoms with van der Waals surface area (Å²) in [5.41, 5.74) is 32.9. The molecule has 0 unspecified atom stereocenters. The van der Waals surface area contributed by atoms with Gasteiger partial charge >= 0.3 is 0 Å². The lowest BCUT2D eigenvalue weighted by Gasteiger charge is -2.37. The summed E-state index contributed by atoms with van der Waals surface area (Å²) >= 11 is 0. The molecule has 4 aromatic heterocycles. The van der Waals surface area contributed by atoms with Crippen molar-refractivity contribution in [1.29, 1.82) is 5.26 Å². The SMILES string of the molecule is N#Cc1ccc2c(c1)c1cc(-c3ccc4c(c3)c3ccccc3n4-c3cccc(-c4ccccc4)c3)ccc1n2-c1cccc(-c2ccccc2)c1.c1ccc(-c2cccc(-n3c4ccccc4c4cc(-c5ccc6c(c5)c5cc(C(c7ccccc7)(c7ccccc7)c7ccccc7)ccc5n6-c5cccc(-c6ccccc6)c5)ccc43)c2)cc1. The largest absolute Gasteiger partial charge is 0.309 e. The molecule has 0 atom stereocenters. The van der Waals surface area contributed by atoms with Crippen molar-refractivity contribution in [2.75, 3.05) is 0 Å². The van der Waals surface area contributed by atoms with Crippen molar-refractivity contribution >= 4 is 87.2 Å². The van der Waals surface area contributed by atoms with Gasteiger partial charge in [0.05, 0.1) is 61.2 Å². The Labute approximate surface area is 701 Å². The van der Waals surface area contributed by atoms with Crippen molar-refractivity contribution in [2.24, 2.45) is 0 Å². The van der Waals surface area contributed by atoms with Gasteiger partial charge in [-0.1, -0.05) is 328 Å². The molecule has 23 rings (SSSR count). The molecule has 0 amide bonds. The molecule has 5 nitrogen and oxygen atoms in total. The maximum Gasteiger partial charge on any atom is 0.0991 e. The molecule has 0 spiro atoms. The van der Waals surface area contributed by atoms with Gasteiger partial charge in [0.15, 0.2) is 0 Å². The molecule has 0 radical (unpaired) electrons. The van der Waals surface area contributed by atoms with E-state index in [2.05, 4.69) is 473 Å². The monoisotopic (exact) mass is 1540 g/mol. The van der Waals surface area contributed by atoms with Crippen molar-refractivity contribution in [3.05, 3.63) is 495 Å². The lowest BCUT2D eigenvalue weighted by molar-refractivity contribution is 0.746. The van der Waals surface area contributed by atoms with Crippen LogP contribution in [0.2, 0.25) is 0 Å². The van der Waals surface area contributed by atoms with Crippen molar-refractivity contribution in [2.45, 2.75) is 5.41 Å². The van der Waals surface area contributed by atoms with Gasteiger partial charge in [-0.3, -0.25) is 0 Å². The highest BCUT2D eigenvalue weighted by Gasteiger charge is 2.39. The third kappa shape index (κ3) is 12.5. The summed E-state index contributed by atoms with van der Waals surface area (Å²) < 4.78 is 9.58. The van der Waals surface area contributed by atoms with Crippen LogP contribution in [-0.2, 0) is 5.41 Å². The standard InChI is InChI=1S/C67H46N2.C49H31N3/c1-6-20-47(21-7-1)49-24-18-32-57(42-49)68-63-35-17-16-34-59(63)60-44-51(36-39-64(60)68)52-37-40-65-61(45-52)62-46-56(38-41-66(62)69(65)58-33-19-25-50(43-58)48-22-8-2-9-23-48)67(53-26-10-3-11-27-53,54-28-12-4-13-29-54)55-30-14-5-15-31-55;50-32-33-21-24-47-43(27-33)45-31-39(23-26-49(45)52(47)41-18-10-16-37(29-41)35-13-5-2-6-14-35)38-22-25-48-44(30-38)42-19-7-8-20-46(42)51(48)40-17-9-15-36(28-40)34-11-3-1-4-12-34/h1-46H;1-31H. The first kappa shape index (κ1) is 71.4. The van der Waals surface area contributed by atoms with Crippen LogP contribution in [0, 0.1) is 11.3 Å². The summed E-state index contributed by atoms with van der Waals surface area (Å²) in [7, 11) is 0. The highest BCUT2D eigenvalue weighted by molar-refractivity contribution is 6.15. The van der Waals surface area contributed by atoms with Gasteiger partial charge in [-0.15, -0.1) is 0 Å². The molecule has 0 bridgehead atoms. The second-order valence-electron chi connectivity index (χ2n) is 31.4. The fraction of sp³-hybridized carbons (Fsp3) is 0.00862. The number of para-hydroxylation sites is 2. The molecule has 0 aliphatic carbocycles. The molecule has 121 heavy (non-hydrogen) atoms. The Morgan fingerprint density at radius 1 is 0.157 bits per heavy atom. The van der Waals surface area contributed by atoms with E-state index in [1.54, 1.807) is 0 Å². The minimum atomic E-state index is -0.586. The van der Waals surface area contributed by atoms with E-state index in [9.17, 15) is 5.26 Å². The average Bonchev–Trinajstić information content (AvgIpc) is 1.69. The van der Waals surface area contributed by atoms with Crippen molar-refractivity contribution in [1.82, 2.24) is 18.3 Å². The second kappa shape index (κ2) is 30.2. The molecule has 5 heteroatoms. The van der Waals surface area contributed by atoms with Gasteiger partial charge in [-0.2, -0.15) is 5.26 Å². The Kier molecular flexibility index (Phi) is 17.8. The summed E-state index contributed by atoms with van der Waals surface area (Å²) in [6.07, 6.45) is 0. The quantitative estimate of drug-likeness (QED) is 0.100. The molecular weight excluding hydrogens is 1460 g/mol. The Morgan fingerprint density at radius 2 is 0.388 bits per heavy atom. The number of aromatic nitrogens is 4. The lowest BCUT2D eigenvalue weighted by atomic mass is 9.65. The summed E-state index contributed by atoms with van der Waals surface area (Å²) in [5.74, 6) is 0. The molecule has 4 heterocycles. The molecule has 0 N–H and O–H groups in total. The van der Waals surface area contributed by atoms with Crippen molar-refractivity contribution in [3.63, 3.8) is 0 Å². The van der Waals surface area contributed by atoms with Crippen LogP contribution >= 0.6 is 0 Å². The number of benzene rings is 19. The van der Waals surface area contributed by atoms with Gasteiger partial charge < -0.3 is 18.3 Å². The van der Waals surface area contributed by atoms with E-state index in [-0.39, 0.29) is 0 Å². The Balaban J connectivity index is 0.000000151. The predicted octanol–water partition coefficient (Wildman–Crippen LogP) is 30.0. The van der Waals surface area contributed by atoms with Crippen LogP contribution in [-0.4, -0.2) is 18.3 Å². The first-order valence-corrected chi connectivity index (χ1v) is 41.4. The molecule has 0 fully saturated rings. The first-order valence-electron chi connectivity index (χ1n) is 41.4. The van der Waals surface area contributed by atoms with E-state index in [1.165, 1.54) is 127 Å². The third-order valence-electron chi connectivity index (χ3n) is 24.6. The first-order chi connectivity index (χ1) is 59.9. The van der Waals surface area contributed by atoms with Crippen LogP contribution in [0.1, 0.15) is 27.8 Å². The topological polar surface area (TPSA) is 43.5 Å². The van der Waals surface area contributed by atoms with Crippen LogP contribution in [0.15, 0.2) is 467 Å². The summed E-state index contributed by atoms with van der Waals surface area (Å²) in [4.78, 5) is 0. The van der Waals surface area contributed by atoms with Gasteiger partial charge in [0.1, 0.15) is 0 Å². The van der Waals surface area contributed by atoms with E-state index in [0.29, 0.717) is 5.56 Å². The Hall–Kier alpha value is -16.1. The van der Waals surface area contributed by atoms with E-state index in [4.69, 9.17) is 0 Å². The summed E-state index contributed by atoms with van der Waals surface area (Å²) in [5, 5.41) is 19.4. The molecule has 0 aliphatic rings. The highest BCUT2D eigenvalue weighted by atomic mass is 15.0. The zero-order valence-electron chi connectivity index (χ0n) is 66.2. The minimum absolute atomic E-state index is 0.586. The molecule has 19 aromatic carbocycles. The van der Waals surface area contributed by atoms with Crippen LogP contribution < -0.4 is 0 Å². The maximum atomic E-state index is 9.87. The van der Waals surface area contributed by atoms with Gasteiger partial charge in [0, 0.05) is 65.8 Å². The van der Waals surface area contributed by atoms with Gasteiger partial charge in [-0.05, 0) is 229 Å². The number of nitrogens with zero attached hydrogens (tertiary/aromatic N) is 5.